The Balaban J connectivity index is 2.21. The first kappa shape index (κ1) is 26.5. The molecular formula is C26H34N2O4S. The summed E-state index contributed by atoms with van der Waals surface area (Å²) < 4.78 is 4.85. The van der Waals surface area contributed by atoms with Gasteiger partial charge in [-0.15, -0.1) is 0 Å². The number of carbonyl (C=O) groups is 3. The van der Waals surface area contributed by atoms with Gasteiger partial charge in [-0.1, -0.05) is 63.2 Å². The van der Waals surface area contributed by atoms with Crippen molar-refractivity contribution in [2.45, 2.75) is 51.1 Å². The second-order valence-electron chi connectivity index (χ2n) is 8.91. The Bertz CT molecular complexity index is 924. The van der Waals surface area contributed by atoms with E-state index in [0.717, 1.165) is 11.1 Å². The maximum atomic E-state index is 13.2. The minimum Gasteiger partial charge on any atom is -0.467 e. The van der Waals surface area contributed by atoms with Gasteiger partial charge in [0, 0.05) is 12.0 Å². The summed E-state index contributed by atoms with van der Waals surface area (Å²) in [6.45, 7) is 6.32. The zero-order valence-corrected chi connectivity index (χ0v) is 20.8. The Morgan fingerprint density at radius 2 is 1.58 bits per heavy atom. The molecule has 2 amide bonds. The van der Waals surface area contributed by atoms with Crippen molar-refractivity contribution in [2.24, 2.45) is 0 Å². The fourth-order valence-corrected chi connectivity index (χ4v) is 3.79. The number of methoxy groups -OCH3 is 1. The van der Waals surface area contributed by atoms with Crippen LogP contribution in [0.3, 0.4) is 0 Å². The molecule has 0 spiro atoms. The lowest BCUT2D eigenvalue weighted by molar-refractivity contribution is -0.145. The van der Waals surface area contributed by atoms with Crippen molar-refractivity contribution >= 4 is 29.5 Å². The van der Waals surface area contributed by atoms with E-state index in [1.54, 1.807) is 23.9 Å². The van der Waals surface area contributed by atoms with Gasteiger partial charge in [0.2, 0.25) is 5.91 Å². The fourth-order valence-electron chi connectivity index (χ4n) is 3.32. The summed E-state index contributed by atoms with van der Waals surface area (Å²) in [6.07, 6.45) is 2.67. The second-order valence-corrected chi connectivity index (χ2v) is 9.89. The zero-order chi connectivity index (χ0) is 24.4. The van der Waals surface area contributed by atoms with Crippen LogP contribution in [-0.2, 0) is 26.2 Å². The first-order chi connectivity index (χ1) is 15.7. The number of rotatable bonds is 10. The number of hydrogen-bond acceptors (Lipinski definition) is 5. The van der Waals surface area contributed by atoms with E-state index in [-0.39, 0.29) is 11.3 Å². The number of amides is 2. The molecule has 0 radical (unpaired) electrons. The highest BCUT2D eigenvalue weighted by atomic mass is 32.2. The molecule has 33 heavy (non-hydrogen) atoms. The summed E-state index contributed by atoms with van der Waals surface area (Å²) in [4.78, 5) is 38.3. The van der Waals surface area contributed by atoms with E-state index in [2.05, 4.69) is 31.4 Å². The van der Waals surface area contributed by atoms with Crippen molar-refractivity contribution in [3.8, 4) is 0 Å². The summed E-state index contributed by atoms with van der Waals surface area (Å²) in [5.74, 6) is -0.573. The zero-order valence-electron chi connectivity index (χ0n) is 20.0. The summed E-state index contributed by atoms with van der Waals surface area (Å²) >= 11 is 1.58. The van der Waals surface area contributed by atoms with Crippen LogP contribution in [0.1, 0.15) is 48.7 Å². The molecule has 6 nitrogen and oxygen atoms in total. The Hall–Kier alpha value is -2.80. The molecule has 0 bridgehead atoms. The summed E-state index contributed by atoms with van der Waals surface area (Å²) in [5, 5.41) is 5.62. The number of ether oxygens (including phenoxy) is 1. The van der Waals surface area contributed by atoms with E-state index in [1.807, 2.05) is 48.7 Å². The number of nitrogens with one attached hydrogen (secondary N) is 2. The lowest BCUT2D eigenvalue weighted by atomic mass is 9.86. The lowest BCUT2D eigenvalue weighted by Crippen LogP contribution is -2.52. The maximum absolute atomic E-state index is 13.2. The third-order valence-electron chi connectivity index (χ3n) is 5.33. The van der Waals surface area contributed by atoms with Crippen molar-refractivity contribution in [2.75, 3.05) is 19.1 Å². The van der Waals surface area contributed by atoms with Gasteiger partial charge in [0.15, 0.2) is 0 Å². The topological polar surface area (TPSA) is 84.5 Å². The Morgan fingerprint density at radius 1 is 0.939 bits per heavy atom. The average Bonchev–Trinajstić information content (AvgIpc) is 2.80. The fraction of sp³-hybridized carbons (Fsp3) is 0.423. The van der Waals surface area contributed by atoms with Crippen LogP contribution >= 0.6 is 11.8 Å². The number of hydrogen-bond donors (Lipinski definition) is 2. The minimum atomic E-state index is -0.844. The van der Waals surface area contributed by atoms with Crippen LogP contribution < -0.4 is 10.6 Å². The lowest BCUT2D eigenvalue weighted by Gasteiger charge is -2.23. The molecule has 178 valence electrons. The number of esters is 1. The molecule has 0 saturated heterocycles. The molecule has 0 saturated carbocycles. The molecular weight excluding hydrogens is 436 g/mol. The average molecular weight is 471 g/mol. The quantitative estimate of drug-likeness (QED) is 0.517. The van der Waals surface area contributed by atoms with Crippen LogP contribution in [0.2, 0.25) is 0 Å². The van der Waals surface area contributed by atoms with Gasteiger partial charge in [-0.05, 0) is 47.1 Å². The van der Waals surface area contributed by atoms with Gasteiger partial charge in [-0.2, -0.15) is 11.8 Å². The Kier molecular flexibility index (Phi) is 9.97. The van der Waals surface area contributed by atoms with Gasteiger partial charge in [0.25, 0.3) is 5.91 Å². The molecule has 2 atom stereocenters. The molecule has 0 heterocycles. The van der Waals surface area contributed by atoms with Crippen LogP contribution in [0.4, 0.5) is 0 Å². The van der Waals surface area contributed by atoms with E-state index < -0.39 is 24.0 Å². The molecule has 0 aromatic heterocycles. The van der Waals surface area contributed by atoms with E-state index in [9.17, 15) is 14.4 Å². The normalized spacial score (nSPS) is 13.0. The first-order valence-electron chi connectivity index (χ1n) is 11.0. The Labute approximate surface area is 200 Å². The minimum absolute atomic E-state index is 0.0234. The SMILES string of the molecule is COC(=O)[C@@H](CCSC)NC(=O)[C@@H](Cc1ccccc1)NC(=O)c1ccc(C(C)(C)C)cc1. The van der Waals surface area contributed by atoms with Gasteiger partial charge in [-0.3, -0.25) is 9.59 Å². The summed E-state index contributed by atoms with van der Waals surface area (Å²) in [6, 6.07) is 15.2. The molecule has 0 fully saturated rings. The molecule has 0 aliphatic rings. The standard InChI is InChI=1S/C26H34N2O4S/c1-26(2,3)20-13-11-19(12-14-20)23(29)28-22(17-18-9-7-6-8-10-18)24(30)27-21(15-16-33-5)25(31)32-4/h6-14,21-22H,15-17H2,1-5H3,(H,27,30)(H,28,29)/t21-,22-/m1/s1. The van der Waals surface area contributed by atoms with Gasteiger partial charge in [-0.25, -0.2) is 4.79 Å². The molecule has 0 unspecified atom stereocenters. The van der Waals surface area contributed by atoms with E-state index in [0.29, 0.717) is 24.2 Å². The van der Waals surface area contributed by atoms with Crippen molar-refractivity contribution < 1.29 is 19.1 Å². The van der Waals surface area contributed by atoms with E-state index in [1.165, 1.54) is 7.11 Å². The molecule has 7 heteroatoms. The van der Waals surface area contributed by atoms with Crippen molar-refractivity contribution in [3.63, 3.8) is 0 Å². The van der Waals surface area contributed by atoms with Gasteiger partial charge < -0.3 is 15.4 Å². The van der Waals surface area contributed by atoms with Crippen molar-refractivity contribution in [1.29, 1.82) is 0 Å². The van der Waals surface area contributed by atoms with E-state index >= 15 is 0 Å². The molecule has 2 aromatic rings. The third-order valence-corrected chi connectivity index (χ3v) is 5.97. The number of carbonyl (C=O) groups excluding carboxylic acids is 3. The largest absolute Gasteiger partial charge is 0.467 e. The summed E-state index contributed by atoms with van der Waals surface area (Å²) in [7, 11) is 1.30. The van der Waals surface area contributed by atoms with Gasteiger partial charge in [0.05, 0.1) is 7.11 Å². The molecule has 2 aromatic carbocycles. The monoisotopic (exact) mass is 470 g/mol. The van der Waals surface area contributed by atoms with Gasteiger partial charge >= 0.3 is 5.97 Å². The van der Waals surface area contributed by atoms with Crippen LogP contribution in [0.5, 0.6) is 0 Å². The molecule has 0 aliphatic carbocycles. The number of benzene rings is 2. The van der Waals surface area contributed by atoms with Crippen LogP contribution in [0.15, 0.2) is 54.6 Å². The molecule has 0 aliphatic heterocycles. The predicted octanol–water partition coefficient (Wildman–Crippen LogP) is 3.74. The highest BCUT2D eigenvalue weighted by Gasteiger charge is 2.27. The smallest absolute Gasteiger partial charge is 0.328 e. The molecule has 2 rings (SSSR count). The van der Waals surface area contributed by atoms with E-state index in [4.69, 9.17) is 4.74 Å². The second kappa shape index (κ2) is 12.4. The maximum Gasteiger partial charge on any atom is 0.328 e. The molecule has 2 N–H and O–H groups in total. The van der Waals surface area contributed by atoms with Crippen LogP contribution in [0, 0.1) is 0 Å². The first-order valence-corrected chi connectivity index (χ1v) is 12.4. The van der Waals surface area contributed by atoms with Crippen LogP contribution in [0.25, 0.3) is 0 Å². The van der Waals surface area contributed by atoms with Crippen molar-refractivity contribution in [1.82, 2.24) is 10.6 Å². The van der Waals surface area contributed by atoms with Crippen LogP contribution in [-0.4, -0.2) is 49.0 Å². The highest BCUT2D eigenvalue weighted by Crippen LogP contribution is 2.22. The number of thioether (sulfide) groups is 1. The third kappa shape index (κ3) is 8.24. The summed E-state index contributed by atoms with van der Waals surface area (Å²) in [5.41, 5.74) is 2.47. The van der Waals surface area contributed by atoms with Gasteiger partial charge in [0.1, 0.15) is 12.1 Å². The Morgan fingerprint density at radius 3 is 2.12 bits per heavy atom. The predicted molar refractivity (Wildman–Crippen MR) is 133 cm³/mol. The highest BCUT2D eigenvalue weighted by molar-refractivity contribution is 7.98. The van der Waals surface area contributed by atoms with Crippen molar-refractivity contribution in [3.05, 3.63) is 71.3 Å².